The maximum atomic E-state index is 5.83. The molecule has 0 saturated heterocycles. The molecule has 1 aromatic carbocycles. The molecule has 3 heteroatoms. The molecule has 17 heavy (non-hydrogen) atoms. The lowest BCUT2D eigenvalue weighted by Gasteiger charge is -2.29. The summed E-state index contributed by atoms with van der Waals surface area (Å²) in [7, 11) is 0. The summed E-state index contributed by atoms with van der Waals surface area (Å²) in [6.07, 6.45) is 7.52. The van der Waals surface area contributed by atoms with Gasteiger partial charge in [0.25, 0.3) is 0 Å². The predicted octanol–water partition coefficient (Wildman–Crippen LogP) is 3.66. The van der Waals surface area contributed by atoms with Gasteiger partial charge in [0.1, 0.15) is 0 Å². The van der Waals surface area contributed by atoms with Crippen molar-refractivity contribution in [3.8, 4) is 0 Å². The topological polar surface area (TPSA) is 38.0 Å². The number of benzene rings is 1. The first-order chi connectivity index (χ1) is 8.19. The number of thioether (sulfide) groups is 1. The molecular weight excluding hydrogens is 228 g/mol. The lowest BCUT2D eigenvalue weighted by Crippen LogP contribution is -2.28. The van der Waals surface area contributed by atoms with Crippen LogP contribution < -0.4 is 11.1 Å². The van der Waals surface area contributed by atoms with E-state index in [1.54, 1.807) is 0 Å². The Bertz CT molecular complexity index is 378. The standard InChI is InChI=1S/C14H22N2S/c1-10-8-12(6-7-14(10)15)16-11-4-3-5-13(9-11)17-2/h6-8,11,13,16H,3-5,9,15H2,1-2H3. The summed E-state index contributed by atoms with van der Waals surface area (Å²) in [6.45, 7) is 2.06. The van der Waals surface area contributed by atoms with Crippen LogP contribution in [0.2, 0.25) is 0 Å². The number of hydrogen-bond acceptors (Lipinski definition) is 3. The molecular formula is C14H22N2S. The molecule has 94 valence electrons. The molecule has 1 aliphatic rings. The van der Waals surface area contributed by atoms with Crippen molar-refractivity contribution in [1.29, 1.82) is 0 Å². The van der Waals surface area contributed by atoms with Crippen LogP contribution in [0.1, 0.15) is 31.2 Å². The van der Waals surface area contributed by atoms with Crippen LogP contribution in [0.25, 0.3) is 0 Å². The second kappa shape index (κ2) is 5.67. The van der Waals surface area contributed by atoms with E-state index in [4.69, 9.17) is 5.73 Å². The molecule has 1 aliphatic carbocycles. The van der Waals surface area contributed by atoms with Gasteiger partial charge in [-0.3, -0.25) is 0 Å². The van der Waals surface area contributed by atoms with Crippen molar-refractivity contribution in [2.75, 3.05) is 17.3 Å². The van der Waals surface area contributed by atoms with Gasteiger partial charge in [0, 0.05) is 22.7 Å². The van der Waals surface area contributed by atoms with E-state index < -0.39 is 0 Å². The Morgan fingerprint density at radius 2 is 2.18 bits per heavy atom. The number of rotatable bonds is 3. The van der Waals surface area contributed by atoms with Crippen molar-refractivity contribution in [3.05, 3.63) is 23.8 Å². The van der Waals surface area contributed by atoms with Gasteiger partial charge < -0.3 is 11.1 Å². The summed E-state index contributed by atoms with van der Waals surface area (Å²) >= 11 is 2.01. The average molecular weight is 250 g/mol. The summed E-state index contributed by atoms with van der Waals surface area (Å²) in [6, 6.07) is 6.86. The summed E-state index contributed by atoms with van der Waals surface area (Å²) in [4.78, 5) is 0. The van der Waals surface area contributed by atoms with Gasteiger partial charge >= 0.3 is 0 Å². The van der Waals surface area contributed by atoms with E-state index in [2.05, 4.69) is 30.6 Å². The fourth-order valence-electron chi connectivity index (χ4n) is 2.49. The number of anilines is 2. The first-order valence-corrected chi connectivity index (χ1v) is 7.63. The van der Waals surface area contributed by atoms with E-state index in [0.29, 0.717) is 6.04 Å². The summed E-state index contributed by atoms with van der Waals surface area (Å²) < 4.78 is 0. The molecule has 0 aromatic heterocycles. The van der Waals surface area contributed by atoms with Crippen molar-refractivity contribution in [2.45, 2.75) is 43.9 Å². The van der Waals surface area contributed by atoms with Gasteiger partial charge in [0.15, 0.2) is 0 Å². The lowest BCUT2D eigenvalue weighted by molar-refractivity contribution is 0.473. The highest BCUT2D eigenvalue weighted by Crippen LogP contribution is 2.29. The second-order valence-corrected chi connectivity index (χ2v) is 6.08. The lowest BCUT2D eigenvalue weighted by atomic mass is 9.94. The zero-order valence-corrected chi connectivity index (χ0v) is 11.5. The molecule has 1 saturated carbocycles. The molecule has 2 nitrogen and oxygen atoms in total. The van der Waals surface area contributed by atoms with Crippen molar-refractivity contribution in [3.63, 3.8) is 0 Å². The Hall–Kier alpha value is -0.830. The van der Waals surface area contributed by atoms with Crippen molar-refractivity contribution >= 4 is 23.1 Å². The Labute approximate surface area is 108 Å². The van der Waals surface area contributed by atoms with Gasteiger partial charge in [-0.25, -0.2) is 0 Å². The quantitative estimate of drug-likeness (QED) is 0.804. The third-order valence-corrected chi connectivity index (χ3v) is 4.69. The normalized spacial score (nSPS) is 24.6. The number of nitrogen functional groups attached to an aromatic ring is 1. The molecule has 3 N–H and O–H groups in total. The van der Waals surface area contributed by atoms with Crippen LogP contribution in [-0.2, 0) is 0 Å². The minimum atomic E-state index is 0.629. The van der Waals surface area contributed by atoms with Crippen molar-refractivity contribution < 1.29 is 0 Å². The van der Waals surface area contributed by atoms with Crippen LogP contribution in [0.3, 0.4) is 0 Å². The molecule has 0 spiro atoms. The Kier molecular flexibility index (Phi) is 4.21. The average Bonchev–Trinajstić information content (AvgIpc) is 2.34. The molecule has 2 unspecified atom stereocenters. The number of nitrogens with two attached hydrogens (primary N) is 1. The summed E-state index contributed by atoms with van der Waals surface area (Å²) in [5, 5.41) is 4.47. The highest BCUT2D eigenvalue weighted by atomic mass is 32.2. The predicted molar refractivity (Wildman–Crippen MR) is 78.8 cm³/mol. The Balaban J connectivity index is 1.97. The zero-order valence-electron chi connectivity index (χ0n) is 10.7. The van der Waals surface area contributed by atoms with Gasteiger partial charge in [-0.15, -0.1) is 0 Å². The van der Waals surface area contributed by atoms with Crippen LogP contribution in [0.4, 0.5) is 11.4 Å². The minimum Gasteiger partial charge on any atom is -0.399 e. The fraction of sp³-hybridized carbons (Fsp3) is 0.571. The van der Waals surface area contributed by atoms with Crippen LogP contribution >= 0.6 is 11.8 Å². The Morgan fingerprint density at radius 1 is 1.35 bits per heavy atom. The van der Waals surface area contributed by atoms with Crippen LogP contribution in [0, 0.1) is 6.92 Å². The molecule has 2 rings (SSSR count). The first-order valence-electron chi connectivity index (χ1n) is 6.34. The molecule has 0 bridgehead atoms. The Morgan fingerprint density at radius 3 is 2.88 bits per heavy atom. The maximum absolute atomic E-state index is 5.83. The molecule has 0 aliphatic heterocycles. The van der Waals surface area contributed by atoms with E-state index in [1.165, 1.54) is 31.4 Å². The van der Waals surface area contributed by atoms with Crippen molar-refractivity contribution in [1.82, 2.24) is 0 Å². The van der Waals surface area contributed by atoms with Crippen LogP contribution in [-0.4, -0.2) is 17.5 Å². The van der Waals surface area contributed by atoms with E-state index in [9.17, 15) is 0 Å². The number of hydrogen-bond donors (Lipinski definition) is 2. The second-order valence-electron chi connectivity index (χ2n) is 4.94. The smallest absolute Gasteiger partial charge is 0.0346 e. The number of nitrogens with one attached hydrogen (secondary N) is 1. The summed E-state index contributed by atoms with van der Waals surface area (Å²) in [5.74, 6) is 0. The zero-order chi connectivity index (χ0) is 12.3. The van der Waals surface area contributed by atoms with Gasteiger partial charge in [-0.2, -0.15) is 11.8 Å². The van der Waals surface area contributed by atoms with Crippen LogP contribution in [0.15, 0.2) is 18.2 Å². The third kappa shape index (κ3) is 3.32. The van der Waals surface area contributed by atoms with Crippen LogP contribution in [0.5, 0.6) is 0 Å². The fourth-order valence-corrected chi connectivity index (χ4v) is 3.32. The van der Waals surface area contributed by atoms with Gasteiger partial charge in [-0.1, -0.05) is 6.42 Å². The van der Waals surface area contributed by atoms with Gasteiger partial charge in [0.05, 0.1) is 0 Å². The molecule has 1 aromatic rings. The minimum absolute atomic E-state index is 0.629. The highest BCUT2D eigenvalue weighted by Gasteiger charge is 2.20. The molecule has 0 heterocycles. The van der Waals surface area contributed by atoms with E-state index in [-0.39, 0.29) is 0 Å². The SMILES string of the molecule is CSC1CCCC(Nc2ccc(N)c(C)c2)C1. The molecule has 0 amide bonds. The largest absolute Gasteiger partial charge is 0.399 e. The van der Waals surface area contributed by atoms with E-state index in [1.807, 2.05) is 17.8 Å². The molecule has 1 fully saturated rings. The maximum Gasteiger partial charge on any atom is 0.0346 e. The van der Waals surface area contributed by atoms with Gasteiger partial charge in [0.2, 0.25) is 0 Å². The van der Waals surface area contributed by atoms with E-state index in [0.717, 1.165) is 16.5 Å². The first kappa shape index (κ1) is 12.6. The molecule has 2 atom stereocenters. The van der Waals surface area contributed by atoms with E-state index >= 15 is 0 Å². The van der Waals surface area contributed by atoms with Gasteiger partial charge in [-0.05, 0) is 56.2 Å². The highest BCUT2D eigenvalue weighted by molar-refractivity contribution is 7.99. The molecule has 0 radical (unpaired) electrons. The third-order valence-electron chi connectivity index (χ3n) is 3.60. The monoisotopic (exact) mass is 250 g/mol. The number of aryl methyl sites for hydroxylation is 1. The van der Waals surface area contributed by atoms with Crippen molar-refractivity contribution in [2.24, 2.45) is 0 Å². The summed E-state index contributed by atoms with van der Waals surface area (Å²) in [5.41, 5.74) is 9.08.